The highest BCUT2D eigenvalue weighted by Gasteiger charge is 2.20. The number of carbonyl (C=O) groups is 1. The van der Waals surface area contributed by atoms with E-state index in [1.165, 1.54) is 43.7 Å². The second-order valence-corrected chi connectivity index (χ2v) is 11.4. The van der Waals surface area contributed by atoms with Gasteiger partial charge in [0.2, 0.25) is 5.88 Å². The zero-order valence-electron chi connectivity index (χ0n) is 24.1. The van der Waals surface area contributed by atoms with Gasteiger partial charge in [-0.2, -0.15) is 0 Å². The number of rotatable bonds is 9. The summed E-state index contributed by atoms with van der Waals surface area (Å²) in [6.07, 6.45) is 1.38. The molecule has 10 nitrogen and oxygen atoms in total. The summed E-state index contributed by atoms with van der Waals surface area (Å²) in [7, 11) is -2.57. The summed E-state index contributed by atoms with van der Waals surface area (Å²) in [5.41, 5.74) is 1.49. The Morgan fingerprint density at radius 3 is 2.36 bits per heavy atom. The van der Waals surface area contributed by atoms with Crippen LogP contribution in [0.5, 0.6) is 11.6 Å². The highest BCUT2D eigenvalue weighted by molar-refractivity contribution is 7.92. The Balaban J connectivity index is 1.56. The van der Waals surface area contributed by atoms with Crippen LogP contribution in [-0.4, -0.2) is 44.0 Å². The van der Waals surface area contributed by atoms with Crippen molar-refractivity contribution in [2.24, 2.45) is 4.99 Å². The van der Waals surface area contributed by atoms with Crippen molar-refractivity contribution >= 4 is 44.4 Å². The zero-order chi connectivity index (χ0) is 31.4. The third-order valence-corrected chi connectivity index (χ3v) is 8.40. The number of aryl methyl sites for hydroxylation is 1. The molecule has 1 aromatic heterocycles. The lowest BCUT2D eigenvalue weighted by molar-refractivity contribution is 0.0526. The Morgan fingerprint density at radius 2 is 1.66 bits per heavy atom. The molecule has 5 aromatic rings. The molecule has 0 aliphatic carbocycles. The van der Waals surface area contributed by atoms with Crippen LogP contribution in [-0.2, 0) is 14.8 Å². The number of fused-ring (bicyclic) bond motifs is 1. The van der Waals surface area contributed by atoms with Crippen molar-refractivity contribution in [3.63, 3.8) is 0 Å². The van der Waals surface area contributed by atoms with Gasteiger partial charge in [0.15, 0.2) is 0 Å². The lowest BCUT2D eigenvalue weighted by atomic mass is 10.1. The van der Waals surface area contributed by atoms with E-state index in [0.717, 1.165) is 4.57 Å². The molecule has 0 spiro atoms. The molecule has 0 amide bonds. The zero-order valence-corrected chi connectivity index (χ0v) is 25.0. The van der Waals surface area contributed by atoms with Gasteiger partial charge in [-0.1, -0.05) is 36.4 Å². The molecule has 224 valence electrons. The standard InChI is InChI=1S/C33H29N3O7S/c1-4-43-33(39)22-14-17-24(18-15-22)36-31(37)26-10-6-5-9-25(26)27(32(36)38)20-34-23-16-13-21(2)30(19-23)44(40,41)35-28-11-7-8-12-29(28)42-3/h5-20,35,38H,4H2,1-3H3. The Kier molecular flexibility index (Phi) is 8.50. The minimum atomic E-state index is -4.02. The summed E-state index contributed by atoms with van der Waals surface area (Å²) >= 11 is 0. The van der Waals surface area contributed by atoms with E-state index in [4.69, 9.17) is 9.47 Å². The van der Waals surface area contributed by atoms with Gasteiger partial charge >= 0.3 is 5.97 Å². The largest absolute Gasteiger partial charge is 0.495 e. The fourth-order valence-electron chi connectivity index (χ4n) is 4.72. The maximum Gasteiger partial charge on any atom is 0.338 e. The highest BCUT2D eigenvalue weighted by Crippen LogP contribution is 2.30. The van der Waals surface area contributed by atoms with Crippen LogP contribution in [0.15, 0.2) is 106 Å². The van der Waals surface area contributed by atoms with E-state index in [0.29, 0.717) is 39.0 Å². The van der Waals surface area contributed by atoms with Crippen molar-refractivity contribution in [2.75, 3.05) is 18.4 Å². The molecular weight excluding hydrogens is 582 g/mol. The second kappa shape index (κ2) is 12.4. The van der Waals surface area contributed by atoms with Crippen molar-refractivity contribution in [1.82, 2.24) is 4.57 Å². The first kappa shape index (κ1) is 30.1. The fourth-order valence-corrected chi connectivity index (χ4v) is 6.05. The molecule has 11 heteroatoms. The summed E-state index contributed by atoms with van der Waals surface area (Å²) in [5, 5.41) is 12.1. The minimum absolute atomic E-state index is 0.0128. The summed E-state index contributed by atoms with van der Waals surface area (Å²) in [6.45, 7) is 3.60. The number of aromatic hydroxyl groups is 1. The van der Waals surface area contributed by atoms with Crippen molar-refractivity contribution in [3.8, 4) is 17.3 Å². The van der Waals surface area contributed by atoms with Gasteiger partial charge in [0.05, 0.1) is 46.8 Å². The van der Waals surface area contributed by atoms with Crippen LogP contribution in [0, 0.1) is 6.92 Å². The number of nitrogens with zero attached hydrogens (tertiary/aromatic N) is 2. The summed E-state index contributed by atoms with van der Waals surface area (Å²) < 4.78 is 40.7. The van der Waals surface area contributed by atoms with Gasteiger partial charge in [0.1, 0.15) is 5.75 Å². The number of ether oxygens (including phenoxy) is 2. The van der Waals surface area contributed by atoms with Gasteiger partial charge in [0.25, 0.3) is 15.6 Å². The first-order chi connectivity index (χ1) is 21.1. The lowest BCUT2D eigenvalue weighted by Gasteiger charge is -2.14. The smallest absolute Gasteiger partial charge is 0.338 e. The molecule has 0 aliphatic heterocycles. The minimum Gasteiger partial charge on any atom is -0.495 e. The number of aromatic nitrogens is 1. The van der Waals surface area contributed by atoms with Crippen LogP contribution in [0.1, 0.15) is 28.4 Å². The van der Waals surface area contributed by atoms with Crippen LogP contribution >= 0.6 is 0 Å². The third-order valence-electron chi connectivity index (χ3n) is 6.90. The number of nitrogens with one attached hydrogen (secondary N) is 1. The number of aliphatic imine (C=N–C) groups is 1. The van der Waals surface area contributed by atoms with E-state index in [1.54, 1.807) is 74.5 Å². The van der Waals surface area contributed by atoms with E-state index in [9.17, 15) is 23.1 Å². The topological polar surface area (TPSA) is 136 Å². The van der Waals surface area contributed by atoms with E-state index in [-0.39, 0.29) is 28.6 Å². The number of sulfonamides is 1. The number of carbonyl (C=O) groups excluding carboxylic acids is 1. The molecule has 0 aliphatic rings. The second-order valence-electron chi connectivity index (χ2n) is 9.70. The summed E-state index contributed by atoms with van der Waals surface area (Å²) in [4.78, 5) is 30.1. The molecule has 0 saturated carbocycles. The molecule has 4 aromatic carbocycles. The number of anilines is 1. The predicted molar refractivity (Wildman–Crippen MR) is 169 cm³/mol. The van der Waals surface area contributed by atoms with Crippen molar-refractivity contribution in [3.05, 3.63) is 118 Å². The molecule has 44 heavy (non-hydrogen) atoms. The number of hydrogen-bond donors (Lipinski definition) is 2. The van der Waals surface area contributed by atoms with E-state index in [2.05, 4.69) is 9.71 Å². The first-order valence-electron chi connectivity index (χ1n) is 13.6. The molecular formula is C33H29N3O7S. The van der Waals surface area contributed by atoms with E-state index >= 15 is 0 Å². The highest BCUT2D eigenvalue weighted by atomic mass is 32.2. The van der Waals surface area contributed by atoms with Crippen LogP contribution in [0.3, 0.4) is 0 Å². The van der Waals surface area contributed by atoms with Gasteiger partial charge in [-0.15, -0.1) is 0 Å². The molecule has 5 rings (SSSR count). The molecule has 0 radical (unpaired) electrons. The molecule has 1 heterocycles. The van der Waals surface area contributed by atoms with Gasteiger partial charge in [-0.3, -0.25) is 14.5 Å². The normalized spacial score (nSPS) is 11.5. The van der Waals surface area contributed by atoms with Crippen molar-refractivity contribution in [2.45, 2.75) is 18.7 Å². The Labute approximate surface area is 253 Å². The first-order valence-corrected chi connectivity index (χ1v) is 15.1. The van der Waals surface area contributed by atoms with Gasteiger partial charge in [-0.05, 0) is 74.0 Å². The summed E-state index contributed by atoms with van der Waals surface area (Å²) in [5.74, 6) is -0.505. The number of pyridine rings is 1. The van der Waals surface area contributed by atoms with Crippen molar-refractivity contribution < 1.29 is 27.8 Å². The molecule has 0 fully saturated rings. The maximum absolute atomic E-state index is 13.5. The van der Waals surface area contributed by atoms with Crippen LogP contribution in [0.25, 0.3) is 16.5 Å². The lowest BCUT2D eigenvalue weighted by Crippen LogP contribution is -2.20. The Morgan fingerprint density at radius 1 is 0.977 bits per heavy atom. The maximum atomic E-state index is 13.5. The average molecular weight is 612 g/mol. The Bertz CT molecular complexity index is 2070. The number of para-hydroxylation sites is 2. The Hall–Kier alpha value is -5.42. The monoisotopic (exact) mass is 611 g/mol. The van der Waals surface area contributed by atoms with E-state index in [1.807, 2.05) is 0 Å². The number of methoxy groups -OCH3 is 1. The third kappa shape index (κ3) is 5.90. The molecule has 0 saturated heterocycles. The van der Waals surface area contributed by atoms with Gasteiger partial charge < -0.3 is 14.6 Å². The molecule has 0 atom stereocenters. The summed E-state index contributed by atoms with van der Waals surface area (Å²) in [6, 6.07) is 24.2. The van der Waals surface area contributed by atoms with Crippen LogP contribution in [0.2, 0.25) is 0 Å². The van der Waals surface area contributed by atoms with Gasteiger partial charge in [0, 0.05) is 17.0 Å². The fraction of sp³-hybridized carbons (Fsp3) is 0.121. The molecule has 2 N–H and O–H groups in total. The quantitative estimate of drug-likeness (QED) is 0.160. The van der Waals surface area contributed by atoms with Crippen molar-refractivity contribution in [1.29, 1.82) is 0 Å². The predicted octanol–water partition coefficient (Wildman–Crippen LogP) is 5.74. The van der Waals surface area contributed by atoms with Gasteiger partial charge in [-0.25, -0.2) is 17.8 Å². The number of hydrogen-bond acceptors (Lipinski definition) is 8. The average Bonchev–Trinajstić information content (AvgIpc) is 3.02. The molecule has 0 unspecified atom stereocenters. The van der Waals surface area contributed by atoms with Crippen LogP contribution < -0.4 is 15.0 Å². The number of benzene rings is 4. The molecule has 0 bridgehead atoms. The SMILES string of the molecule is CCOC(=O)c1ccc(-n2c(O)c(C=Nc3ccc(C)c(S(=O)(=O)Nc4ccccc4OC)c3)c3ccccc3c2=O)cc1. The van der Waals surface area contributed by atoms with Crippen LogP contribution in [0.4, 0.5) is 11.4 Å². The van der Waals surface area contributed by atoms with E-state index < -0.39 is 21.6 Å². The number of esters is 1.